The first-order chi connectivity index (χ1) is 13.1. The second-order valence-electron chi connectivity index (χ2n) is 7.39. The maximum Gasteiger partial charge on any atom is 0.238 e. The van der Waals surface area contributed by atoms with Crippen LogP contribution in [-0.2, 0) is 9.59 Å². The maximum atomic E-state index is 12.4. The second kappa shape index (κ2) is 13.3. The van der Waals surface area contributed by atoms with E-state index in [4.69, 9.17) is 0 Å². The lowest BCUT2D eigenvalue weighted by molar-refractivity contribution is -0.118. The molecule has 3 rings (SSSR count). The van der Waals surface area contributed by atoms with Gasteiger partial charge in [0.2, 0.25) is 11.8 Å². The van der Waals surface area contributed by atoms with Gasteiger partial charge in [-0.05, 0) is 50.6 Å². The summed E-state index contributed by atoms with van der Waals surface area (Å²) in [7, 11) is 0. The number of carbonyl (C=O) groups excluding carboxylic acids is 2. The molecule has 29 heavy (non-hydrogen) atoms. The van der Waals surface area contributed by atoms with Gasteiger partial charge in [-0.15, -0.1) is 24.8 Å². The van der Waals surface area contributed by atoms with E-state index in [0.29, 0.717) is 13.0 Å². The zero-order valence-corrected chi connectivity index (χ0v) is 19.3. The average molecular weight is 463 g/mol. The predicted octanol–water partition coefficient (Wildman–Crippen LogP) is 3.30. The third kappa shape index (κ3) is 8.72. The van der Waals surface area contributed by atoms with Crippen LogP contribution >= 0.6 is 36.6 Å². The Hall–Kier alpha value is -0.990. The van der Waals surface area contributed by atoms with Crippen LogP contribution in [0.2, 0.25) is 0 Å². The Morgan fingerprint density at radius 1 is 1.14 bits per heavy atom. The number of thioether (sulfide) groups is 1. The van der Waals surface area contributed by atoms with Crippen molar-refractivity contribution in [1.82, 2.24) is 10.2 Å². The van der Waals surface area contributed by atoms with E-state index in [2.05, 4.69) is 20.9 Å². The molecule has 9 heteroatoms. The van der Waals surface area contributed by atoms with Crippen LogP contribution < -0.4 is 16.0 Å². The van der Waals surface area contributed by atoms with Gasteiger partial charge in [0.15, 0.2) is 0 Å². The topological polar surface area (TPSA) is 73.5 Å². The van der Waals surface area contributed by atoms with Crippen molar-refractivity contribution >= 4 is 59.8 Å². The summed E-state index contributed by atoms with van der Waals surface area (Å²) in [6, 6.07) is 5.90. The summed E-state index contributed by atoms with van der Waals surface area (Å²) in [5, 5.41) is 9.34. The number of likely N-dealkylation sites (tertiary alicyclic amines) is 1. The number of hydrogen-bond acceptors (Lipinski definition) is 5. The van der Waals surface area contributed by atoms with Crippen molar-refractivity contribution in [2.24, 2.45) is 0 Å². The summed E-state index contributed by atoms with van der Waals surface area (Å²) in [5.41, 5.74) is 2.48. The summed E-state index contributed by atoms with van der Waals surface area (Å²) >= 11 is 1.88. The van der Waals surface area contributed by atoms with Gasteiger partial charge in [-0.25, -0.2) is 0 Å². The summed E-state index contributed by atoms with van der Waals surface area (Å²) in [6.45, 7) is 5.35. The standard InChI is InChI=1S/C20H30N4O2S.2ClH/c1-15-5-6-16(22-19(25)12-17-14-27-10-7-21-17)11-18(15)23-20(26)13-24-8-3-2-4-9-24;;/h5-6,11,17,21H,2-4,7-10,12-14H2,1H3,(H,22,25)(H,23,26);2*1H. The third-order valence-corrected chi connectivity index (χ3v) is 6.17. The number of amides is 2. The van der Waals surface area contributed by atoms with Crippen molar-refractivity contribution < 1.29 is 9.59 Å². The number of carbonyl (C=O) groups is 2. The fourth-order valence-electron chi connectivity index (χ4n) is 3.53. The van der Waals surface area contributed by atoms with E-state index >= 15 is 0 Å². The highest BCUT2D eigenvalue weighted by atomic mass is 35.5. The first-order valence-corrected chi connectivity index (χ1v) is 11.0. The molecule has 2 amide bonds. The molecule has 2 fully saturated rings. The van der Waals surface area contributed by atoms with Crippen LogP contribution in [0.3, 0.4) is 0 Å². The molecular formula is C20H32Cl2N4O2S. The molecule has 0 saturated carbocycles. The molecule has 0 spiro atoms. The van der Waals surface area contributed by atoms with Gasteiger partial charge in [0.1, 0.15) is 0 Å². The molecule has 0 radical (unpaired) electrons. The second-order valence-corrected chi connectivity index (χ2v) is 8.54. The number of nitrogens with one attached hydrogen (secondary N) is 3. The number of benzene rings is 1. The summed E-state index contributed by atoms with van der Waals surface area (Å²) < 4.78 is 0. The molecule has 0 aliphatic carbocycles. The Bertz CT molecular complexity index is 666. The molecule has 1 aromatic carbocycles. The van der Waals surface area contributed by atoms with Crippen LogP contribution in [0.5, 0.6) is 0 Å². The Kier molecular flexibility index (Phi) is 12.0. The smallest absolute Gasteiger partial charge is 0.238 e. The van der Waals surface area contributed by atoms with Crippen molar-refractivity contribution in [3.63, 3.8) is 0 Å². The molecule has 0 bridgehead atoms. The third-order valence-electron chi connectivity index (χ3n) is 5.04. The first-order valence-electron chi connectivity index (χ1n) is 9.84. The minimum atomic E-state index is 0. The van der Waals surface area contributed by atoms with E-state index in [-0.39, 0.29) is 42.7 Å². The quantitative estimate of drug-likeness (QED) is 0.604. The lowest BCUT2D eigenvalue weighted by Crippen LogP contribution is -2.39. The summed E-state index contributed by atoms with van der Waals surface area (Å²) in [6.07, 6.45) is 4.07. The molecular weight excluding hydrogens is 431 g/mol. The Labute approximate surface area is 190 Å². The van der Waals surface area contributed by atoms with Gasteiger partial charge in [-0.1, -0.05) is 12.5 Å². The van der Waals surface area contributed by atoms with Crippen LogP contribution in [0.4, 0.5) is 11.4 Å². The SMILES string of the molecule is Cc1ccc(NC(=O)CC2CSCCN2)cc1NC(=O)CN1CCCCC1.Cl.Cl. The highest BCUT2D eigenvalue weighted by Gasteiger charge is 2.18. The van der Waals surface area contributed by atoms with Crippen LogP contribution in [0.15, 0.2) is 18.2 Å². The molecule has 164 valence electrons. The minimum Gasteiger partial charge on any atom is -0.326 e. The fraction of sp³-hybridized carbons (Fsp3) is 0.600. The molecule has 1 aromatic rings. The lowest BCUT2D eigenvalue weighted by atomic mass is 10.1. The van der Waals surface area contributed by atoms with Crippen molar-refractivity contribution in [3.8, 4) is 0 Å². The van der Waals surface area contributed by atoms with Crippen molar-refractivity contribution in [2.75, 3.05) is 48.3 Å². The van der Waals surface area contributed by atoms with Gasteiger partial charge in [0.25, 0.3) is 0 Å². The number of nitrogens with zero attached hydrogens (tertiary/aromatic N) is 1. The molecule has 1 atom stereocenters. The van der Waals surface area contributed by atoms with Gasteiger partial charge in [-0.2, -0.15) is 11.8 Å². The molecule has 6 nitrogen and oxygen atoms in total. The number of halogens is 2. The van der Waals surface area contributed by atoms with E-state index in [0.717, 1.165) is 48.1 Å². The van der Waals surface area contributed by atoms with E-state index in [9.17, 15) is 9.59 Å². The van der Waals surface area contributed by atoms with Gasteiger partial charge >= 0.3 is 0 Å². The minimum absolute atomic E-state index is 0. The van der Waals surface area contributed by atoms with Gasteiger partial charge in [-0.3, -0.25) is 14.5 Å². The van der Waals surface area contributed by atoms with Crippen molar-refractivity contribution in [2.45, 2.75) is 38.6 Å². The van der Waals surface area contributed by atoms with Crippen molar-refractivity contribution in [3.05, 3.63) is 23.8 Å². The average Bonchev–Trinajstić information content (AvgIpc) is 2.66. The van der Waals surface area contributed by atoms with Crippen LogP contribution in [0, 0.1) is 6.92 Å². The Morgan fingerprint density at radius 3 is 2.59 bits per heavy atom. The largest absolute Gasteiger partial charge is 0.326 e. The maximum absolute atomic E-state index is 12.4. The highest BCUT2D eigenvalue weighted by molar-refractivity contribution is 7.99. The van der Waals surface area contributed by atoms with E-state index < -0.39 is 0 Å². The molecule has 1 unspecified atom stereocenters. The summed E-state index contributed by atoms with van der Waals surface area (Å²) in [5.74, 6) is 2.09. The number of rotatable bonds is 6. The predicted molar refractivity (Wildman–Crippen MR) is 127 cm³/mol. The monoisotopic (exact) mass is 462 g/mol. The van der Waals surface area contributed by atoms with E-state index in [1.165, 1.54) is 19.3 Å². The number of piperidine rings is 1. The number of anilines is 2. The molecule has 0 aromatic heterocycles. The number of aryl methyl sites for hydroxylation is 1. The molecule has 2 saturated heterocycles. The molecule has 3 N–H and O–H groups in total. The fourth-order valence-corrected chi connectivity index (χ4v) is 4.48. The highest BCUT2D eigenvalue weighted by Crippen LogP contribution is 2.21. The summed E-state index contributed by atoms with van der Waals surface area (Å²) in [4.78, 5) is 26.9. The Balaban J connectivity index is 0.00000210. The molecule has 2 aliphatic rings. The Morgan fingerprint density at radius 2 is 1.90 bits per heavy atom. The molecule has 2 heterocycles. The number of hydrogen-bond donors (Lipinski definition) is 3. The van der Waals surface area contributed by atoms with Gasteiger partial charge in [0.05, 0.1) is 6.54 Å². The van der Waals surface area contributed by atoms with E-state index in [1.807, 2.05) is 36.9 Å². The zero-order valence-electron chi connectivity index (χ0n) is 16.9. The van der Waals surface area contributed by atoms with Crippen molar-refractivity contribution in [1.29, 1.82) is 0 Å². The molecule has 2 aliphatic heterocycles. The van der Waals surface area contributed by atoms with Gasteiger partial charge in [0, 0.05) is 41.9 Å². The first kappa shape index (κ1) is 26.0. The van der Waals surface area contributed by atoms with Crippen LogP contribution in [0.1, 0.15) is 31.2 Å². The van der Waals surface area contributed by atoms with Gasteiger partial charge < -0.3 is 16.0 Å². The normalized spacial score (nSPS) is 19.4. The zero-order chi connectivity index (χ0) is 19.1. The lowest BCUT2D eigenvalue weighted by Gasteiger charge is -2.25. The van der Waals surface area contributed by atoms with Crippen LogP contribution in [-0.4, -0.2) is 60.4 Å². The van der Waals surface area contributed by atoms with Crippen LogP contribution in [0.25, 0.3) is 0 Å². The van der Waals surface area contributed by atoms with E-state index in [1.54, 1.807) is 0 Å².